The van der Waals surface area contributed by atoms with Gasteiger partial charge in [-0.1, -0.05) is 42.5 Å². The summed E-state index contributed by atoms with van der Waals surface area (Å²) in [5, 5.41) is 0. The lowest BCUT2D eigenvalue weighted by Crippen LogP contribution is -2.46. The van der Waals surface area contributed by atoms with Gasteiger partial charge >= 0.3 is 6.18 Å². The van der Waals surface area contributed by atoms with Crippen molar-refractivity contribution in [2.45, 2.75) is 19.5 Å². The van der Waals surface area contributed by atoms with Gasteiger partial charge < -0.3 is 10.6 Å². The minimum Gasteiger partial charge on any atom is -0.393 e. The van der Waals surface area contributed by atoms with Crippen LogP contribution in [-0.4, -0.2) is 35.1 Å². The molecule has 0 aliphatic carbocycles. The Bertz CT molecular complexity index is 491. The third kappa shape index (κ3) is 5.71. The molecule has 0 aliphatic heterocycles. The van der Waals surface area contributed by atoms with Gasteiger partial charge in [0.2, 0.25) is 5.91 Å². The molecular formula is C14H17F3N2OS. The average molecular weight is 318 g/mol. The normalized spacial score (nSPS) is 12.8. The Hall–Kier alpha value is -1.63. The molecule has 2 N–H and O–H groups in total. The number of nitrogens with two attached hydrogens (primary N) is 1. The average Bonchev–Trinajstić information content (AvgIpc) is 2.41. The third-order valence-corrected chi connectivity index (χ3v) is 3.27. The highest BCUT2D eigenvalue weighted by Crippen LogP contribution is 2.19. The van der Waals surface area contributed by atoms with Gasteiger partial charge in [0.25, 0.3) is 0 Å². The highest BCUT2D eigenvalue weighted by molar-refractivity contribution is 7.80. The molecular weight excluding hydrogens is 301 g/mol. The lowest BCUT2D eigenvalue weighted by atomic mass is 9.97. The predicted octanol–water partition coefficient (Wildman–Crippen LogP) is 2.54. The fraction of sp³-hybridized carbons (Fsp3) is 0.429. The first-order valence-electron chi connectivity index (χ1n) is 6.43. The SMILES string of the molecule is CCN(CC(F)(F)F)C(=O)C(Cc1ccccc1)C(N)=S. The van der Waals surface area contributed by atoms with E-state index >= 15 is 0 Å². The smallest absolute Gasteiger partial charge is 0.393 e. The Balaban J connectivity index is 2.88. The molecule has 7 heteroatoms. The van der Waals surface area contributed by atoms with Crippen LogP contribution in [0, 0.1) is 5.92 Å². The zero-order valence-electron chi connectivity index (χ0n) is 11.6. The van der Waals surface area contributed by atoms with Crippen LogP contribution in [0.2, 0.25) is 0 Å². The van der Waals surface area contributed by atoms with Crippen molar-refractivity contribution >= 4 is 23.1 Å². The van der Waals surface area contributed by atoms with Crippen LogP contribution in [0.4, 0.5) is 13.2 Å². The summed E-state index contributed by atoms with van der Waals surface area (Å²) in [6, 6.07) is 8.92. The summed E-state index contributed by atoms with van der Waals surface area (Å²) in [5.41, 5.74) is 6.34. The summed E-state index contributed by atoms with van der Waals surface area (Å²) in [7, 11) is 0. The first-order chi connectivity index (χ1) is 9.74. The van der Waals surface area contributed by atoms with Crippen LogP contribution in [0.15, 0.2) is 30.3 Å². The van der Waals surface area contributed by atoms with E-state index < -0.39 is 24.5 Å². The number of alkyl halides is 3. The third-order valence-electron chi connectivity index (χ3n) is 2.99. The molecule has 0 radical (unpaired) electrons. The van der Waals surface area contributed by atoms with Crippen molar-refractivity contribution in [1.29, 1.82) is 0 Å². The fourth-order valence-corrected chi connectivity index (χ4v) is 2.13. The summed E-state index contributed by atoms with van der Waals surface area (Å²) in [6.07, 6.45) is -4.25. The summed E-state index contributed by atoms with van der Waals surface area (Å²) < 4.78 is 37.5. The van der Waals surface area contributed by atoms with E-state index in [0.717, 1.165) is 10.5 Å². The second kappa shape index (κ2) is 7.40. The van der Waals surface area contributed by atoms with Gasteiger partial charge in [-0.15, -0.1) is 0 Å². The largest absolute Gasteiger partial charge is 0.406 e. The highest BCUT2D eigenvalue weighted by atomic mass is 32.1. The molecule has 1 aromatic carbocycles. The predicted molar refractivity (Wildman–Crippen MR) is 78.7 cm³/mol. The van der Waals surface area contributed by atoms with E-state index in [1.165, 1.54) is 6.92 Å². The van der Waals surface area contributed by atoms with Crippen molar-refractivity contribution < 1.29 is 18.0 Å². The van der Waals surface area contributed by atoms with Crippen LogP contribution in [0.5, 0.6) is 0 Å². The molecule has 0 aliphatic rings. The van der Waals surface area contributed by atoms with Gasteiger partial charge in [0.15, 0.2) is 0 Å². The van der Waals surface area contributed by atoms with E-state index in [1.807, 2.05) is 6.07 Å². The Kier molecular flexibility index (Phi) is 6.14. The van der Waals surface area contributed by atoms with Gasteiger partial charge in [0.1, 0.15) is 6.54 Å². The fourth-order valence-electron chi connectivity index (χ4n) is 1.94. The molecule has 0 heterocycles. The quantitative estimate of drug-likeness (QED) is 0.820. The summed E-state index contributed by atoms with van der Waals surface area (Å²) in [5.74, 6) is -1.61. The van der Waals surface area contributed by atoms with E-state index in [0.29, 0.717) is 0 Å². The van der Waals surface area contributed by atoms with E-state index in [9.17, 15) is 18.0 Å². The van der Waals surface area contributed by atoms with Gasteiger partial charge in [-0.05, 0) is 18.9 Å². The Morgan fingerprint density at radius 1 is 1.33 bits per heavy atom. The highest BCUT2D eigenvalue weighted by Gasteiger charge is 2.35. The number of nitrogens with zero attached hydrogens (tertiary/aromatic N) is 1. The summed E-state index contributed by atoms with van der Waals surface area (Å²) in [4.78, 5) is 12.9. The maximum atomic E-state index is 12.5. The minimum absolute atomic E-state index is 0.0494. The Labute approximate surface area is 126 Å². The molecule has 0 spiro atoms. The number of carbonyl (C=O) groups is 1. The van der Waals surface area contributed by atoms with Gasteiger partial charge in [0.05, 0.1) is 10.9 Å². The topological polar surface area (TPSA) is 46.3 Å². The van der Waals surface area contributed by atoms with Crippen molar-refractivity contribution in [2.75, 3.05) is 13.1 Å². The molecule has 21 heavy (non-hydrogen) atoms. The van der Waals surface area contributed by atoms with Crippen molar-refractivity contribution in [3.05, 3.63) is 35.9 Å². The van der Waals surface area contributed by atoms with Crippen molar-refractivity contribution in [2.24, 2.45) is 11.7 Å². The molecule has 116 valence electrons. The zero-order chi connectivity index (χ0) is 16.0. The molecule has 0 saturated carbocycles. The second-order valence-electron chi connectivity index (χ2n) is 4.61. The standard InChI is InChI=1S/C14H17F3N2OS/c1-2-19(9-14(15,16)17)13(20)11(12(18)21)8-10-6-4-3-5-7-10/h3-7,11H,2,8-9H2,1H3,(H2,18,21). The molecule has 0 fully saturated rings. The second-order valence-corrected chi connectivity index (χ2v) is 5.08. The van der Waals surface area contributed by atoms with E-state index in [1.54, 1.807) is 24.3 Å². The molecule has 3 nitrogen and oxygen atoms in total. The Morgan fingerprint density at radius 2 is 1.90 bits per heavy atom. The Morgan fingerprint density at radius 3 is 2.33 bits per heavy atom. The number of carbonyl (C=O) groups excluding carboxylic acids is 1. The van der Waals surface area contributed by atoms with Crippen molar-refractivity contribution in [3.63, 3.8) is 0 Å². The van der Waals surface area contributed by atoms with Crippen LogP contribution in [0.3, 0.4) is 0 Å². The summed E-state index contributed by atoms with van der Waals surface area (Å²) in [6.45, 7) is 0.144. The van der Waals surface area contributed by atoms with Crippen LogP contribution in [-0.2, 0) is 11.2 Å². The molecule has 1 atom stereocenters. The monoisotopic (exact) mass is 318 g/mol. The lowest BCUT2D eigenvalue weighted by molar-refractivity contribution is -0.162. The number of rotatable bonds is 6. The van der Waals surface area contributed by atoms with Gasteiger partial charge in [-0.3, -0.25) is 4.79 Å². The van der Waals surface area contributed by atoms with Crippen LogP contribution in [0.1, 0.15) is 12.5 Å². The molecule has 1 aromatic rings. The van der Waals surface area contributed by atoms with E-state index in [-0.39, 0.29) is 18.0 Å². The van der Waals surface area contributed by atoms with Crippen LogP contribution >= 0.6 is 12.2 Å². The zero-order valence-corrected chi connectivity index (χ0v) is 12.4. The first kappa shape index (κ1) is 17.4. The molecule has 0 saturated heterocycles. The van der Waals surface area contributed by atoms with Crippen molar-refractivity contribution in [1.82, 2.24) is 4.90 Å². The van der Waals surface area contributed by atoms with Crippen LogP contribution < -0.4 is 5.73 Å². The molecule has 1 amide bonds. The lowest BCUT2D eigenvalue weighted by Gasteiger charge is -2.26. The van der Waals surface area contributed by atoms with Gasteiger partial charge in [0, 0.05) is 6.54 Å². The maximum absolute atomic E-state index is 12.5. The molecule has 0 bridgehead atoms. The van der Waals surface area contributed by atoms with E-state index in [2.05, 4.69) is 0 Å². The summed E-state index contributed by atoms with van der Waals surface area (Å²) >= 11 is 4.85. The van der Waals surface area contributed by atoms with E-state index in [4.69, 9.17) is 18.0 Å². The number of halogens is 3. The number of benzene rings is 1. The van der Waals surface area contributed by atoms with Crippen LogP contribution in [0.25, 0.3) is 0 Å². The number of hydrogen-bond acceptors (Lipinski definition) is 2. The van der Waals surface area contributed by atoms with Gasteiger partial charge in [-0.25, -0.2) is 0 Å². The minimum atomic E-state index is -4.45. The number of amides is 1. The maximum Gasteiger partial charge on any atom is 0.406 e. The molecule has 1 unspecified atom stereocenters. The first-order valence-corrected chi connectivity index (χ1v) is 6.84. The number of thiocarbonyl (C=S) groups is 1. The van der Waals surface area contributed by atoms with Crippen molar-refractivity contribution in [3.8, 4) is 0 Å². The number of hydrogen-bond donors (Lipinski definition) is 1. The molecule has 0 aromatic heterocycles. The van der Waals surface area contributed by atoms with Gasteiger partial charge in [-0.2, -0.15) is 13.2 Å². The molecule has 1 rings (SSSR count).